The fraction of sp³-hybridized carbons (Fsp3) is 0.786. The lowest BCUT2D eigenvalue weighted by Gasteiger charge is -2.26. The molecule has 1 aromatic rings. The van der Waals surface area contributed by atoms with Crippen molar-refractivity contribution in [2.75, 3.05) is 0 Å². The molecule has 2 heterocycles. The maximum atomic E-state index is 12.2. The fourth-order valence-electron chi connectivity index (χ4n) is 2.47. The van der Waals surface area contributed by atoms with Gasteiger partial charge in [-0.15, -0.1) is 24.8 Å². The third-order valence-electron chi connectivity index (χ3n) is 4.11. The highest BCUT2D eigenvalue weighted by Crippen LogP contribution is 2.23. The number of carbonyl (C=O) groups is 1. The van der Waals surface area contributed by atoms with E-state index < -0.39 is 6.04 Å². The molecular weight excluding hydrogens is 325 g/mol. The lowest BCUT2D eigenvalue weighted by Crippen LogP contribution is -2.46. The van der Waals surface area contributed by atoms with Gasteiger partial charge in [0.15, 0.2) is 5.82 Å². The van der Waals surface area contributed by atoms with Crippen molar-refractivity contribution >= 4 is 30.7 Å². The number of rotatable bonds is 5. The van der Waals surface area contributed by atoms with Gasteiger partial charge in [0, 0.05) is 13.0 Å². The Hall–Kier alpha value is -0.850. The van der Waals surface area contributed by atoms with Crippen LogP contribution in [0, 0.1) is 5.92 Å². The second-order valence-corrected chi connectivity index (χ2v) is 5.58. The Labute approximate surface area is 144 Å². The van der Waals surface area contributed by atoms with Crippen LogP contribution in [0.25, 0.3) is 0 Å². The average molecular weight is 352 g/mol. The zero-order chi connectivity index (χ0) is 14.7. The summed E-state index contributed by atoms with van der Waals surface area (Å²) >= 11 is 0. The van der Waals surface area contributed by atoms with E-state index in [1.54, 1.807) is 0 Å². The molecule has 1 aliphatic rings. The van der Waals surface area contributed by atoms with Gasteiger partial charge < -0.3 is 11.1 Å². The van der Waals surface area contributed by atoms with Crippen molar-refractivity contribution in [2.24, 2.45) is 11.7 Å². The smallest absolute Gasteiger partial charge is 0.237 e. The minimum Gasteiger partial charge on any atom is -0.345 e. The molecule has 0 aliphatic carbocycles. The van der Waals surface area contributed by atoms with Crippen LogP contribution < -0.4 is 11.1 Å². The van der Waals surface area contributed by atoms with Crippen LogP contribution in [0.15, 0.2) is 0 Å². The van der Waals surface area contributed by atoms with E-state index in [1.165, 1.54) is 0 Å². The number of nitrogens with zero attached hydrogens (tertiary/aromatic N) is 3. The first-order chi connectivity index (χ1) is 9.56. The van der Waals surface area contributed by atoms with Crippen molar-refractivity contribution in [2.45, 2.75) is 65.1 Å². The van der Waals surface area contributed by atoms with Crippen molar-refractivity contribution in [1.29, 1.82) is 0 Å². The molecule has 0 spiro atoms. The first-order valence-corrected chi connectivity index (χ1v) is 7.56. The van der Waals surface area contributed by atoms with Gasteiger partial charge in [-0.25, -0.2) is 9.67 Å². The molecule has 3 atom stereocenters. The van der Waals surface area contributed by atoms with Crippen molar-refractivity contribution in [3.8, 4) is 0 Å². The van der Waals surface area contributed by atoms with Crippen LogP contribution in [-0.2, 0) is 17.8 Å². The standard InChI is InChI=1S/C14H25N5O.2ClH/c1-4-9(3)12(15)14(20)16-10-7-6-8-19-13(10)17-11(5-2)18-19;;/h9-10,12H,4-8,15H2,1-3H3,(H,16,20);2*1H. The first kappa shape index (κ1) is 21.1. The van der Waals surface area contributed by atoms with Crippen molar-refractivity contribution < 1.29 is 4.79 Å². The molecule has 128 valence electrons. The molecule has 8 heteroatoms. The summed E-state index contributed by atoms with van der Waals surface area (Å²) in [5, 5.41) is 7.49. The quantitative estimate of drug-likeness (QED) is 0.849. The Morgan fingerprint density at radius 3 is 2.73 bits per heavy atom. The third-order valence-corrected chi connectivity index (χ3v) is 4.11. The lowest BCUT2D eigenvalue weighted by molar-refractivity contribution is -0.124. The number of aryl methyl sites for hydroxylation is 2. The highest BCUT2D eigenvalue weighted by atomic mass is 35.5. The SMILES string of the molecule is CCc1nc2n(n1)CCCC2NC(=O)C(N)C(C)CC.Cl.Cl. The van der Waals surface area contributed by atoms with E-state index in [1.807, 2.05) is 25.5 Å². The summed E-state index contributed by atoms with van der Waals surface area (Å²) in [5.41, 5.74) is 5.98. The van der Waals surface area contributed by atoms with E-state index in [0.29, 0.717) is 0 Å². The predicted molar refractivity (Wildman–Crippen MR) is 91.4 cm³/mol. The first-order valence-electron chi connectivity index (χ1n) is 7.56. The molecule has 0 aromatic carbocycles. The molecule has 3 unspecified atom stereocenters. The fourth-order valence-corrected chi connectivity index (χ4v) is 2.47. The minimum atomic E-state index is -0.455. The molecule has 3 N–H and O–H groups in total. The van der Waals surface area contributed by atoms with Crippen LogP contribution in [0.1, 0.15) is 57.7 Å². The van der Waals surface area contributed by atoms with Crippen molar-refractivity contribution in [3.63, 3.8) is 0 Å². The maximum Gasteiger partial charge on any atom is 0.237 e. The number of carbonyl (C=O) groups excluding carboxylic acids is 1. The summed E-state index contributed by atoms with van der Waals surface area (Å²) < 4.78 is 1.92. The van der Waals surface area contributed by atoms with Crippen molar-refractivity contribution in [3.05, 3.63) is 11.6 Å². The zero-order valence-corrected chi connectivity index (χ0v) is 15.0. The Bertz CT molecular complexity index is 480. The second-order valence-electron chi connectivity index (χ2n) is 5.58. The molecule has 22 heavy (non-hydrogen) atoms. The largest absolute Gasteiger partial charge is 0.345 e. The molecular formula is C14H27Cl2N5O. The highest BCUT2D eigenvalue weighted by Gasteiger charge is 2.28. The Balaban J connectivity index is 0.00000220. The van der Waals surface area contributed by atoms with Crippen LogP contribution in [0.2, 0.25) is 0 Å². The van der Waals surface area contributed by atoms with Gasteiger partial charge >= 0.3 is 0 Å². The van der Waals surface area contributed by atoms with Crippen LogP contribution in [0.3, 0.4) is 0 Å². The summed E-state index contributed by atoms with van der Waals surface area (Å²) in [4.78, 5) is 16.7. The van der Waals surface area contributed by atoms with E-state index in [9.17, 15) is 4.79 Å². The van der Waals surface area contributed by atoms with E-state index in [2.05, 4.69) is 15.4 Å². The average Bonchev–Trinajstić information content (AvgIpc) is 2.89. The molecule has 0 saturated heterocycles. The molecule has 1 aliphatic heterocycles. The van der Waals surface area contributed by atoms with Gasteiger partial charge in [0.1, 0.15) is 5.82 Å². The molecule has 0 bridgehead atoms. The lowest BCUT2D eigenvalue weighted by atomic mass is 9.98. The molecule has 0 saturated carbocycles. The van der Waals surface area contributed by atoms with Gasteiger partial charge in [-0.1, -0.05) is 27.2 Å². The Kier molecular flexibility index (Phi) is 8.96. The number of halogens is 2. The summed E-state index contributed by atoms with van der Waals surface area (Å²) in [5.74, 6) is 1.81. The highest BCUT2D eigenvalue weighted by molar-refractivity contribution is 5.85. The number of aromatic nitrogens is 3. The normalized spacial score (nSPS) is 19.2. The predicted octanol–water partition coefficient (Wildman–Crippen LogP) is 2.01. The van der Waals surface area contributed by atoms with E-state index >= 15 is 0 Å². The zero-order valence-electron chi connectivity index (χ0n) is 13.4. The number of fused-ring (bicyclic) bond motifs is 1. The summed E-state index contributed by atoms with van der Waals surface area (Å²) in [7, 11) is 0. The molecule has 0 radical (unpaired) electrons. The van der Waals surface area contributed by atoms with Crippen LogP contribution in [-0.4, -0.2) is 26.7 Å². The molecule has 1 amide bonds. The summed E-state index contributed by atoms with van der Waals surface area (Å²) in [6.07, 6.45) is 3.62. The van der Waals surface area contributed by atoms with Gasteiger partial charge in [-0.3, -0.25) is 4.79 Å². The van der Waals surface area contributed by atoms with Crippen LogP contribution >= 0.6 is 24.8 Å². The van der Waals surface area contributed by atoms with E-state index in [-0.39, 0.29) is 42.7 Å². The maximum absolute atomic E-state index is 12.2. The van der Waals surface area contributed by atoms with Crippen LogP contribution in [0.4, 0.5) is 0 Å². The number of hydrogen-bond donors (Lipinski definition) is 2. The van der Waals surface area contributed by atoms with Gasteiger partial charge in [-0.2, -0.15) is 5.10 Å². The second kappa shape index (κ2) is 9.33. The summed E-state index contributed by atoms with van der Waals surface area (Å²) in [6.45, 7) is 6.96. The van der Waals surface area contributed by atoms with Crippen LogP contribution in [0.5, 0.6) is 0 Å². The van der Waals surface area contributed by atoms with E-state index in [0.717, 1.165) is 43.9 Å². The monoisotopic (exact) mass is 351 g/mol. The van der Waals surface area contributed by atoms with Crippen molar-refractivity contribution in [1.82, 2.24) is 20.1 Å². The van der Waals surface area contributed by atoms with Gasteiger partial charge in [0.2, 0.25) is 5.91 Å². The van der Waals surface area contributed by atoms with E-state index in [4.69, 9.17) is 5.73 Å². The van der Waals surface area contributed by atoms with Gasteiger partial charge in [-0.05, 0) is 18.8 Å². The topological polar surface area (TPSA) is 85.8 Å². The third kappa shape index (κ3) is 4.57. The van der Waals surface area contributed by atoms with Gasteiger partial charge in [0.25, 0.3) is 0 Å². The Morgan fingerprint density at radius 2 is 2.14 bits per heavy atom. The molecule has 2 rings (SSSR count). The molecule has 1 aromatic heterocycles. The minimum absolute atomic E-state index is 0. The number of nitrogens with one attached hydrogen (secondary N) is 1. The molecule has 6 nitrogen and oxygen atoms in total. The van der Waals surface area contributed by atoms with Gasteiger partial charge in [0.05, 0.1) is 12.1 Å². The number of nitrogens with two attached hydrogens (primary N) is 1. The summed E-state index contributed by atoms with van der Waals surface area (Å²) in [6, 6.07) is -0.511. The number of amides is 1. The molecule has 0 fully saturated rings. The Morgan fingerprint density at radius 1 is 1.45 bits per heavy atom. The number of hydrogen-bond acceptors (Lipinski definition) is 4.